The van der Waals surface area contributed by atoms with E-state index in [2.05, 4.69) is 5.32 Å². The molecule has 5 N–H and O–H groups in total. The maximum atomic E-state index is 13.4. The van der Waals surface area contributed by atoms with Crippen LogP contribution in [0, 0.1) is 38.9 Å². The molecular weight excluding hydrogens is 414 g/mol. The first-order chi connectivity index (χ1) is 14.4. The molecule has 0 aliphatic rings. The minimum absolute atomic E-state index is 0.0403. The molecule has 0 bridgehead atoms. The Balaban J connectivity index is 7.03. The van der Waals surface area contributed by atoms with Gasteiger partial charge < -0.3 is 21.6 Å². The van der Waals surface area contributed by atoms with Crippen LogP contribution in [-0.2, 0) is 14.4 Å². The summed E-state index contributed by atoms with van der Waals surface area (Å²) in [6.45, 7) is 27.5. The molecule has 0 aromatic heterocycles. The Morgan fingerprint density at radius 1 is 0.848 bits per heavy atom. The quantitative estimate of drug-likeness (QED) is 0.382. The molecule has 4 atom stereocenters. The fourth-order valence-corrected chi connectivity index (χ4v) is 6.00. The average molecular weight is 468 g/mol. The third-order valence-corrected chi connectivity index (χ3v) is 9.31. The number of nitrogens with two attached hydrogens (primary N) is 2. The lowest BCUT2D eigenvalue weighted by Gasteiger charge is -2.61. The third kappa shape index (κ3) is 5.47. The van der Waals surface area contributed by atoms with E-state index in [4.69, 9.17) is 11.5 Å². The summed E-state index contributed by atoms with van der Waals surface area (Å²) in [6.07, 6.45) is 1.62. The first-order valence-electron chi connectivity index (χ1n) is 12.2. The number of primary amides is 1. The van der Waals surface area contributed by atoms with Crippen LogP contribution >= 0.6 is 0 Å². The number of carbonyl (C=O) groups is 3. The van der Waals surface area contributed by atoms with Crippen molar-refractivity contribution in [1.29, 1.82) is 0 Å². The first-order valence-corrected chi connectivity index (χ1v) is 12.2. The van der Waals surface area contributed by atoms with Crippen LogP contribution in [0.5, 0.6) is 0 Å². The highest BCUT2D eigenvalue weighted by Gasteiger charge is 2.63. The van der Waals surface area contributed by atoms with Gasteiger partial charge in [-0.25, -0.2) is 0 Å². The molecule has 2 amide bonds. The van der Waals surface area contributed by atoms with Gasteiger partial charge in [0.2, 0.25) is 11.8 Å². The second-order valence-electron chi connectivity index (χ2n) is 13.5. The van der Waals surface area contributed by atoms with E-state index in [1.54, 1.807) is 0 Å². The number of nitrogens with one attached hydrogen (secondary N) is 1. The number of carbonyl (C=O) groups excluding carboxylic acids is 3. The minimum Gasteiger partial charge on any atom is -0.369 e. The molecule has 0 rings (SSSR count). The number of amides is 2. The number of rotatable bonds is 11. The van der Waals surface area contributed by atoms with Gasteiger partial charge in [0.05, 0.1) is 11.8 Å². The summed E-state index contributed by atoms with van der Waals surface area (Å²) in [6, 6.07) is -0.0403. The third-order valence-electron chi connectivity index (χ3n) is 9.31. The Bertz CT molecular complexity index is 729. The second-order valence-corrected chi connectivity index (χ2v) is 13.5. The summed E-state index contributed by atoms with van der Waals surface area (Å²) >= 11 is 0. The molecule has 4 unspecified atom stereocenters. The summed E-state index contributed by atoms with van der Waals surface area (Å²) < 4.78 is 0. The van der Waals surface area contributed by atoms with E-state index in [1.807, 2.05) is 96.9 Å². The normalized spacial score (nSPS) is 19.3. The number of hydrogen-bond donors (Lipinski definition) is 3. The molecule has 0 saturated heterocycles. The Morgan fingerprint density at radius 3 is 1.55 bits per heavy atom. The van der Waals surface area contributed by atoms with Crippen molar-refractivity contribution in [3.63, 3.8) is 0 Å². The molecule has 0 saturated carbocycles. The van der Waals surface area contributed by atoms with Crippen LogP contribution in [0.4, 0.5) is 0 Å². The smallest absolute Gasteiger partial charge is 0.225 e. The molecule has 33 heavy (non-hydrogen) atoms. The predicted molar refractivity (Wildman–Crippen MR) is 137 cm³/mol. The van der Waals surface area contributed by atoms with Gasteiger partial charge in [-0.2, -0.15) is 0 Å². The van der Waals surface area contributed by atoms with Crippen molar-refractivity contribution in [2.75, 3.05) is 0 Å². The highest BCUT2D eigenvalue weighted by Crippen LogP contribution is 2.61. The molecule has 0 heterocycles. The van der Waals surface area contributed by atoms with Crippen LogP contribution in [0.1, 0.15) is 103 Å². The van der Waals surface area contributed by atoms with Crippen LogP contribution in [0.15, 0.2) is 0 Å². The van der Waals surface area contributed by atoms with Crippen molar-refractivity contribution in [2.45, 2.75) is 115 Å². The van der Waals surface area contributed by atoms with Crippen LogP contribution in [0.25, 0.3) is 0 Å². The van der Waals surface area contributed by atoms with E-state index < -0.39 is 50.4 Å². The lowest BCUT2D eigenvalue weighted by molar-refractivity contribution is -0.163. The van der Waals surface area contributed by atoms with Crippen molar-refractivity contribution in [1.82, 2.24) is 5.32 Å². The fourth-order valence-electron chi connectivity index (χ4n) is 6.00. The van der Waals surface area contributed by atoms with E-state index in [-0.39, 0.29) is 11.9 Å². The maximum Gasteiger partial charge on any atom is 0.225 e. The average Bonchev–Trinajstić information content (AvgIpc) is 2.57. The van der Waals surface area contributed by atoms with Gasteiger partial charge in [0.25, 0.3) is 0 Å². The molecule has 0 fully saturated rings. The number of hydrogen-bond acceptors (Lipinski definition) is 4. The van der Waals surface area contributed by atoms with Gasteiger partial charge in [-0.3, -0.25) is 9.59 Å². The summed E-state index contributed by atoms with van der Waals surface area (Å²) in [5.74, 6) is -1.91. The standard InChI is InChI=1S/C27H53N3O3/c1-15-26(13,16-31)25(11,12)23(7,8)18(20(28)32)24(9,10)27(14,29)19(22(4,5)6)21(33)30-17(2)3/h16-19H,15,29H2,1-14H3,(H2,28,32)(H,30,33). The zero-order valence-corrected chi connectivity index (χ0v) is 23.9. The Kier molecular flexibility index (Phi) is 9.25. The Morgan fingerprint density at radius 2 is 1.27 bits per heavy atom. The molecule has 0 radical (unpaired) electrons. The van der Waals surface area contributed by atoms with Crippen LogP contribution in [-0.4, -0.2) is 29.7 Å². The van der Waals surface area contributed by atoms with E-state index in [1.165, 1.54) is 0 Å². The topological polar surface area (TPSA) is 115 Å². The second kappa shape index (κ2) is 9.67. The highest BCUT2D eigenvalue weighted by molar-refractivity contribution is 5.83. The van der Waals surface area contributed by atoms with Crippen molar-refractivity contribution in [3.8, 4) is 0 Å². The Labute approximate surface area is 203 Å². The SMILES string of the molecule is CCC(C)(C=O)C(C)(C)C(C)(C)C(C(N)=O)C(C)(C)C(C)(N)C(C(=O)NC(C)C)C(C)(C)C. The lowest BCUT2D eigenvalue weighted by atomic mass is 9.43. The fraction of sp³-hybridized carbons (Fsp3) is 0.889. The zero-order valence-electron chi connectivity index (χ0n) is 23.9. The van der Waals surface area contributed by atoms with Gasteiger partial charge in [-0.15, -0.1) is 0 Å². The molecule has 0 aromatic rings. The summed E-state index contributed by atoms with van der Waals surface area (Å²) in [5.41, 5.74) is 8.79. The molecule has 6 heteroatoms. The van der Waals surface area contributed by atoms with Gasteiger partial charge in [0.15, 0.2) is 0 Å². The van der Waals surface area contributed by atoms with E-state index in [0.29, 0.717) is 6.42 Å². The first kappa shape index (κ1) is 31.6. The summed E-state index contributed by atoms with van der Waals surface area (Å²) in [4.78, 5) is 38.8. The molecule has 194 valence electrons. The predicted octanol–water partition coefficient (Wildman–Crippen LogP) is 4.69. The van der Waals surface area contributed by atoms with Crippen LogP contribution in [0.3, 0.4) is 0 Å². The number of aldehydes is 1. The van der Waals surface area contributed by atoms with Crippen LogP contribution < -0.4 is 16.8 Å². The largest absolute Gasteiger partial charge is 0.369 e. The lowest BCUT2D eigenvalue weighted by Crippen LogP contribution is -2.69. The van der Waals surface area contributed by atoms with Crippen LogP contribution in [0.2, 0.25) is 0 Å². The van der Waals surface area contributed by atoms with Gasteiger partial charge in [0, 0.05) is 17.0 Å². The summed E-state index contributed by atoms with van der Waals surface area (Å²) in [5, 5.41) is 3.03. The van der Waals surface area contributed by atoms with Gasteiger partial charge in [0.1, 0.15) is 6.29 Å². The molecule has 0 aliphatic carbocycles. The maximum absolute atomic E-state index is 13.4. The van der Waals surface area contributed by atoms with Crippen molar-refractivity contribution >= 4 is 18.1 Å². The van der Waals surface area contributed by atoms with Gasteiger partial charge in [-0.1, -0.05) is 76.2 Å². The monoisotopic (exact) mass is 467 g/mol. The van der Waals surface area contributed by atoms with Crippen molar-refractivity contribution in [3.05, 3.63) is 0 Å². The Hall–Kier alpha value is -1.43. The van der Waals surface area contributed by atoms with E-state index in [0.717, 1.165) is 6.29 Å². The molecule has 0 aromatic carbocycles. The van der Waals surface area contributed by atoms with E-state index >= 15 is 0 Å². The van der Waals surface area contributed by atoms with Gasteiger partial charge in [-0.05, 0) is 48.9 Å². The van der Waals surface area contributed by atoms with Gasteiger partial charge >= 0.3 is 0 Å². The van der Waals surface area contributed by atoms with E-state index in [9.17, 15) is 14.4 Å². The minimum atomic E-state index is -1.10. The molecule has 6 nitrogen and oxygen atoms in total. The highest BCUT2D eigenvalue weighted by atomic mass is 16.2. The molecule has 0 spiro atoms. The molecule has 0 aliphatic heterocycles. The zero-order chi connectivity index (χ0) is 27.0. The van der Waals surface area contributed by atoms with Crippen molar-refractivity contribution < 1.29 is 14.4 Å². The molecular formula is C27H53N3O3. The van der Waals surface area contributed by atoms with Crippen molar-refractivity contribution in [2.24, 2.45) is 50.4 Å². The summed E-state index contributed by atoms with van der Waals surface area (Å²) in [7, 11) is 0.